The third-order valence-corrected chi connectivity index (χ3v) is 4.54. The fraction of sp³-hybridized carbons (Fsp3) is 0.190. The van der Waals surface area contributed by atoms with Crippen LogP contribution in [-0.2, 0) is 14.3 Å². The normalized spacial score (nSPS) is 13.7. The van der Waals surface area contributed by atoms with Gasteiger partial charge in [0.1, 0.15) is 16.5 Å². The number of hydrogen-bond donors (Lipinski definition) is 1. The number of rotatable bonds is 7. The number of nitrogens with zero attached hydrogens (tertiary/aromatic N) is 1. The smallest absolute Gasteiger partial charge is 0.338 e. The Hall–Kier alpha value is -3.32. The van der Waals surface area contributed by atoms with Crippen LogP contribution in [0.4, 0.5) is 11.4 Å². The molecule has 0 saturated heterocycles. The lowest BCUT2D eigenvalue weighted by Gasteiger charge is -2.15. The van der Waals surface area contributed by atoms with Crippen LogP contribution in [0.3, 0.4) is 0 Å². The highest BCUT2D eigenvalue weighted by Gasteiger charge is 2.39. The van der Waals surface area contributed by atoms with Crippen LogP contribution in [0.15, 0.2) is 59.3 Å². The highest BCUT2D eigenvalue weighted by atomic mass is 35.5. The number of hydrogen-bond acceptors (Lipinski definition) is 6. The number of benzene rings is 2. The van der Waals surface area contributed by atoms with Gasteiger partial charge in [-0.05, 0) is 55.0 Å². The van der Waals surface area contributed by atoms with Crippen LogP contribution in [0.1, 0.15) is 23.7 Å². The number of anilines is 2. The lowest BCUT2D eigenvalue weighted by molar-refractivity contribution is -0.120. The van der Waals surface area contributed by atoms with Crippen LogP contribution >= 0.6 is 11.6 Å². The summed E-state index contributed by atoms with van der Waals surface area (Å²) >= 11 is 6.12. The van der Waals surface area contributed by atoms with Gasteiger partial charge in [0, 0.05) is 5.69 Å². The van der Waals surface area contributed by atoms with E-state index in [2.05, 4.69) is 5.32 Å². The van der Waals surface area contributed by atoms with Crippen LogP contribution < -0.4 is 15.0 Å². The SMILES string of the molecule is CCCOC(=O)c1ccc(N2C(=O)C(Cl)=C(Nc3ccc(OC)cc3)C2=O)cc1. The van der Waals surface area contributed by atoms with Crippen LogP contribution in [0.2, 0.25) is 0 Å². The third kappa shape index (κ3) is 4.25. The zero-order valence-electron chi connectivity index (χ0n) is 15.9. The molecule has 0 aliphatic carbocycles. The van der Waals surface area contributed by atoms with Crippen molar-refractivity contribution in [2.24, 2.45) is 0 Å². The van der Waals surface area contributed by atoms with Gasteiger partial charge in [0.25, 0.3) is 11.8 Å². The second-order valence-corrected chi connectivity index (χ2v) is 6.55. The first-order chi connectivity index (χ1) is 14.0. The number of nitrogens with one attached hydrogen (secondary N) is 1. The average Bonchev–Trinajstić information content (AvgIpc) is 2.96. The predicted octanol–water partition coefficient (Wildman–Crippen LogP) is 3.70. The number of amides is 2. The van der Waals surface area contributed by atoms with Gasteiger partial charge in [-0.3, -0.25) is 9.59 Å². The Balaban J connectivity index is 1.77. The van der Waals surface area contributed by atoms with Gasteiger partial charge in [-0.25, -0.2) is 9.69 Å². The summed E-state index contributed by atoms with van der Waals surface area (Å²) in [6.07, 6.45) is 0.717. The maximum Gasteiger partial charge on any atom is 0.338 e. The molecule has 0 atom stereocenters. The molecule has 1 heterocycles. The first kappa shape index (κ1) is 20.4. The van der Waals surface area contributed by atoms with Crippen molar-refractivity contribution in [3.05, 3.63) is 64.8 Å². The largest absolute Gasteiger partial charge is 0.497 e. The summed E-state index contributed by atoms with van der Waals surface area (Å²) in [5, 5.41) is 2.67. The van der Waals surface area contributed by atoms with Crippen molar-refractivity contribution in [1.82, 2.24) is 0 Å². The lowest BCUT2D eigenvalue weighted by atomic mass is 10.2. The van der Waals surface area contributed by atoms with Crippen molar-refractivity contribution >= 4 is 40.8 Å². The van der Waals surface area contributed by atoms with E-state index in [1.165, 1.54) is 24.3 Å². The number of carbonyl (C=O) groups excluding carboxylic acids is 3. The molecule has 3 rings (SSSR count). The van der Waals surface area contributed by atoms with E-state index in [0.717, 1.165) is 11.3 Å². The number of ether oxygens (including phenoxy) is 2. The monoisotopic (exact) mass is 414 g/mol. The molecule has 0 spiro atoms. The Bertz CT molecular complexity index is 968. The molecule has 29 heavy (non-hydrogen) atoms. The third-order valence-electron chi connectivity index (χ3n) is 4.19. The summed E-state index contributed by atoms with van der Waals surface area (Å²) < 4.78 is 10.2. The maximum atomic E-state index is 12.8. The Labute approximate surface area is 172 Å². The van der Waals surface area contributed by atoms with Crippen molar-refractivity contribution in [3.8, 4) is 5.75 Å². The van der Waals surface area contributed by atoms with Gasteiger partial charge in [-0.15, -0.1) is 0 Å². The minimum atomic E-state index is -0.644. The molecule has 0 unspecified atom stereocenters. The zero-order valence-corrected chi connectivity index (χ0v) is 16.7. The molecule has 8 heteroatoms. The van der Waals surface area contributed by atoms with Gasteiger partial charge in [0.15, 0.2) is 0 Å². The molecular formula is C21H19ClN2O5. The minimum Gasteiger partial charge on any atom is -0.497 e. The number of imide groups is 1. The van der Waals surface area contributed by atoms with Gasteiger partial charge in [-0.2, -0.15) is 0 Å². The van der Waals surface area contributed by atoms with Crippen molar-refractivity contribution in [1.29, 1.82) is 0 Å². The summed E-state index contributed by atoms with van der Waals surface area (Å²) in [6.45, 7) is 2.22. The van der Waals surface area contributed by atoms with E-state index in [1.54, 1.807) is 31.4 Å². The zero-order chi connectivity index (χ0) is 21.0. The number of methoxy groups -OCH3 is 1. The molecular weight excluding hydrogens is 396 g/mol. The summed E-state index contributed by atoms with van der Waals surface area (Å²) in [6, 6.07) is 12.8. The van der Waals surface area contributed by atoms with Gasteiger partial charge < -0.3 is 14.8 Å². The highest BCUT2D eigenvalue weighted by Crippen LogP contribution is 2.30. The number of halogens is 1. The molecule has 1 aliphatic heterocycles. The fourth-order valence-corrected chi connectivity index (χ4v) is 2.90. The molecule has 1 N–H and O–H groups in total. The fourth-order valence-electron chi connectivity index (χ4n) is 2.69. The first-order valence-electron chi connectivity index (χ1n) is 8.93. The molecule has 7 nitrogen and oxygen atoms in total. The van der Waals surface area contributed by atoms with Crippen molar-refractivity contribution in [2.45, 2.75) is 13.3 Å². The van der Waals surface area contributed by atoms with Gasteiger partial charge in [0.05, 0.1) is 25.0 Å². The Morgan fingerprint density at radius 3 is 2.28 bits per heavy atom. The van der Waals surface area contributed by atoms with Crippen LogP contribution in [0.5, 0.6) is 5.75 Å². The molecule has 0 aromatic heterocycles. The Kier molecular flexibility index (Phi) is 6.19. The molecule has 0 bridgehead atoms. The molecule has 0 radical (unpaired) electrons. The van der Waals surface area contributed by atoms with Crippen molar-refractivity contribution in [2.75, 3.05) is 23.9 Å². The Morgan fingerprint density at radius 1 is 1.03 bits per heavy atom. The van der Waals surface area contributed by atoms with Gasteiger partial charge >= 0.3 is 5.97 Å². The Morgan fingerprint density at radius 2 is 1.69 bits per heavy atom. The molecule has 2 aromatic rings. The number of esters is 1. The molecule has 150 valence electrons. The minimum absolute atomic E-state index is 0.0201. The van der Waals surface area contributed by atoms with Crippen LogP contribution in [0.25, 0.3) is 0 Å². The summed E-state index contributed by atoms with van der Waals surface area (Å²) in [7, 11) is 1.55. The summed E-state index contributed by atoms with van der Waals surface area (Å²) in [5.74, 6) is -1.04. The van der Waals surface area contributed by atoms with Gasteiger partial charge in [0.2, 0.25) is 0 Å². The highest BCUT2D eigenvalue weighted by molar-refractivity contribution is 6.53. The summed E-state index contributed by atoms with van der Waals surface area (Å²) in [5.41, 5.74) is 1.19. The van der Waals surface area contributed by atoms with E-state index in [-0.39, 0.29) is 10.7 Å². The molecule has 0 fully saturated rings. The number of carbonyl (C=O) groups is 3. The average molecular weight is 415 g/mol. The molecule has 1 aliphatic rings. The molecule has 2 aromatic carbocycles. The van der Waals surface area contributed by atoms with Crippen LogP contribution in [-0.4, -0.2) is 31.5 Å². The van der Waals surface area contributed by atoms with Gasteiger partial charge in [-0.1, -0.05) is 18.5 Å². The lowest BCUT2D eigenvalue weighted by Crippen LogP contribution is -2.32. The van der Waals surface area contributed by atoms with E-state index in [4.69, 9.17) is 21.1 Å². The van der Waals surface area contributed by atoms with Crippen molar-refractivity contribution in [3.63, 3.8) is 0 Å². The molecule has 0 saturated carbocycles. The van der Waals surface area contributed by atoms with E-state index in [1.807, 2.05) is 6.92 Å². The quantitative estimate of drug-likeness (QED) is 0.549. The predicted molar refractivity (Wildman–Crippen MR) is 109 cm³/mol. The topological polar surface area (TPSA) is 84.9 Å². The van der Waals surface area contributed by atoms with E-state index in [9.17, 15) is 14.4 Å². The second kappa shape index (κ2) is 8.79. The van der Waals surface area contributed by atoms with Crippen molar-refractivity contribution < 1.29 is 23.9 Å². The standard InChI is InChI=1S/C21H19ClN2O5/c1-3-12-29-21(27)13-4-8-15(9-5-13)24-19(25)17(22)18(20(24)26)23-14-6-10-16(28-2)11-7-14/h4-11,23H,3,12H2,1-2H3. The summed E-state index contributed by atoms with van der Waals surface area (Å²) in [4.78, 5) is 38.2. The van der Waals surface area contributed by atoms with E-state index in [0.29, 0.717) is 29.3 Å². The van der Waals surface area contributed by atoms with Crippen LogP contribution in [0, 0.1) is 0 Å². The molecule has 2 amide bonds. The maximum absolute atomic E-state index is 12.8. The van der Waals surface area contributed by atoms with E-state index < -0.39 is 17.8 Å². The first-order valence-corrected chi connectivity index (χ1v) is 9.31. The van der Waals surface area contributed by atoms with E-state index >= 15 is 0 Å². The second-order valence-electron chi connectivity index (χ2n) is 6.17.